The third kappa shape index (κ3) is 9.56. The fourth-order valence-electron chi connectivity index (χ4n) is 2.63. The maximum Gasteiger partial charge on any atom is 0.460 e. The van der Waals surface area contributed by atoms with E-state index in [0.717, 1.165) is 0 Å². The van der Waals surface area contributed by atoms with E-state index in [1.54, 1.807) is 21.1 Å². The molecular weight excluding hydrogens is 727 g/mol. The zero-order valence-corrected chi connectivity index (χ0v) is 24.5. The molecule has 0 aromatic rings. The van der Waals surface area contributed by atoms with Crippen LogP contribution in [0.2, 0.25) is 0 Å². The molecule has 0 aromatic heterocycles. The normalized spacial score (nSPS) is 15.5. The lowest BCUT2D eigenvalue weighted by atomic mass is 9.91. The molecular formula is C18H25F17N2O6S2. The van der Waals surface area contributed by atoms with Crippen molar-refractivity contribution in [1.82, 2.24) is 5.32 Å². The van der Waals surface area contributed by atoms with Crippen LogP contribution in [-0.4, -0.2) is 126 Å². The predicted octanol–water partition coefficient (Wildman–Crippen LogP) is 4.54. The predicted molar refractivity (Wildman–Crippen MR) is 116 cm³/mol. The van der Waals surface area contributed by atoms with Crippen LogP contribution in [0.5, 0.6) is 0 Å². The van der Waals surface area contributed by atoms with Gasteiger partial charge in [0.2, 0.25) is 20.2 Å². The summed E-state index contributed by atoms with van der Waals surface area (Å²) in [5.74, 6) is -53.7. The van der Waals surface area contributed by atoms with Gasteiger partial charge >= 0.3 is 47.0 Å². The van der Waals surface area contributed by atoms with Gasteiger partial charge in [0.05, 0.1) is 40.0 Å². The first kappa shape index (κ1) is 45.7. The van der Waals surface area contributed by atoms with Crippen molar-refractivity contribution in [3.63, 3.8) is 0 Å². The Labute approximate surface area is 244 Å². The number of quaternary nitrogens is 1. The zero-order valence-electron chi connectivity index (χ0n) is 22.9. The Balaban J connectivity index is 0. The molecule has 0 aliphatic rings. The quantitative estimate of drug-likeness (QED) is 0.0811. The molecule has 0 radical (unpaired) electrons. The standard InChI is InChI=1S/C16H20F17N2O2S.C2H6O4S/c1-35(2,3)7-4-5-34-6-8-38(36,37)16(32,33)14(27,28)12(23,24)10(19,20)9(17,18)11(21,22)13(25,26)15(29,30)31;1-2-6-7(3,4)5/h34H,4-8H2,1-3H3;2H2,1H3,(H,3,4,5)/q+1;/p-1. The molecule has 0 rings (SSSR count). The molecule has 274 valence electrons. The third-order valence-corrected chi connectivity index (χ3v) is 7.38. The van der Waals surface area contributed by atoms with Crippen molar-refractivity contribution >= 4 is 20.2 Å². The molecule has 0 aliphatic heterocycles. The van der Waals surface area contributed by atoms with Gasteiger partial charge in [-0.25, -0.2) is 16.8 Å². The van der Waals surface area contributed by atoms with Crippen molar-refractivity contribution in [2.45, 2.75) is 60.3 Å². The minimum absolute atomic E-state index is 0.0914. The van der Waals surface area contributed by atoms with Crippen molar-refractivity contribution in [1.29, 1.82) is 0 Å². The van der Waals surface area contributed by atoms with Gasteiger partial charge in [-0.05, 0) is 6.92 Å². The fraction of sp³-hybridized carbons (Fsp3) is 1.00. The molecule has 0 fully saturated rings. The minimum atomic E-state index is -8.82. The van der Waals surface area contributed by atoms with E-state index < -0.39 is 79.5 Å². The molecule has 8 nitrogen and oxygen atoms in total. The highest BCUT2D eigenvalue weighted by Gasteiger charge is 2.96. The SMILES string of the molecule is CCOS(=O)(=O)[O-].C[N+](C)(C)CCCNCCS(=O)(=O)C(F)(F)C(F)(F)C(F)(F)C(F)(F)C(F)(F)C(F)(F)C(F)(F)C(F)(F)F. The van der Waals surface area contributed by atoms with Gasteiger partial charge in [-0.15, -0.1) is 0 Å². The smallest absolute Gasteiger partial charge is 0.460 e. The molecule has 0 atom stereocenters. The lowest BCUT2D eigenvalue weighted by molar-refractivity contribution is -0.870. The highest BCUT2D eigenvalue weighted by molar-refractivity contribution is 7.92. The Morgan fingerprint density at radius 2 is 0.978 bits per heavy atom. The summed E-state index contributed by atoms with van der Waals surface area (Å²) < 4.78 is 280. The first-order valence-electron chi connectivity index (χ1n) is 11.3. The van der Waals surface area contributed by atoms with Crippen LogP contribution in [0.15, 0.2) is 0 Å². The molecule has 1 N–H and O–H groups in total. The maximum atomic E-state index is 13.9. The molecule has 0 amide bonds. The Morgan fingerprint density at radius 3 is 1.27 bits per heavy atom. The van der Waals surface area contributed by atoms with Gasteiger partial charge < -0.3 is 14.4 Å². The molecule has 0 saturated carbocycles. The molecule has 27 heteroatoms. The maximum absolute atomic E-state index is 13.9. The van der Waals surface area contributed by atoms with E-state index in [1.807, 2.05) is 0 Å². The van der Waals surface area contributed by atoms with E-state index in [2.05, 4.69) is 9.50 Å². The van der Waals surface area contributed by atoms with Crippen LogP contribution in [-0.2, 0) is 24.4 Å². The summed E-state index contributed by atoms with van der Waals surface area (Å²) in [6.07, 6.45) is -7.67. The monoisotopic (exact) mass is 752 g/mol. The highest BCUT2D eigenvalue weighted by Crippen LogP contribution is 2.64. The first-order chi connectivity index (χ1) is 19.3. The van der Waals surface area contributed by atoms with Gasteiger partial charge in [-0.3, -0.25) is 4.18 Å². The van der Waals surface area contributed by atoms with Crippen molar-refractivity contribution in [2.75, 3.05) is 53.1 Å². The van der Waals surface area contributed by atoms with Crippen LogP contribution < -0.4 is 5.32 Å². The second-order valence-electron chi connectivity index (χ2n) is 9.71. The van der Waals surface area contributed by atoms with Crippen LogP contribution in [0.3, 0.4) is 0 Å². The van der Waals surface area contributed by atoms with E-state index in [9.17, 15) is 96.0 Å². The van der Waals surface area contributed by atoms with Crippen LogP contribution in [0.4, 0.5) is 74.6 Å². The van der Waals surface area contributed by atoms with Crippen molar-refractivity contribution in [3.8, 4) is 0 Å². The molecule has 45 heavy (non-hydrogen) atoms. The lowest BCUT2D eigenvalue weighted by Gasteiger charge is -2.42. The highest BCUT2D eigenvalue weighted by atomic mass is 32.3. The molecule has 0 bridgehead atoms. The van der Waals surface area contributed by atoms with Crippen LogP contribution in [0.1, 0.15) is 13.3 Å². The average Bonchev–Trinajstić information content (AvgIpc) is 2.78. The summed E-state index contributed by atoms with van der Waals surface area (Å²) in [5, 5.41) is -5.38. The minimum Gasteiger partial charge on any atom is -0.726 e. The molecule has 0 unspecified atom stereocenters. The molecule has 0 spiro atoms. The molecule has 0 heterocycles. The summed E-state index contributed by atoms with van der Waals surface area (Å²) in [5.41, 5.74) is 0. The first-order valence-corrected chi connectivity index (χ1v) is 14.3. The van der Waals surface area contributed by atoms with Gasteiger partial charge in [-0.1, -0.05) is 0 Å². The largest absolute Gasteiger partial charge is 0.726 e. The van der Waals surface area contributed by atoms with E-state index >= 15 is 0 Å². The second kappa shape index (κ2) is 14.0. The van der Waals surface area contributed by atoms with E-state index in [-0.39, 0.29) is 19.6 Å². The number of nitrogens with zero attached hydrogens (tertiary/aromatic N) is 1. The number of rotatable bonds is 16. The summed E-state index contributed by atoms with van der Waals surface area (Å²) in [7, 11) is -6.44. The number of hydrogen-bond donors (Lipinski definition) is 1. The van der Waals surface area contributed by atoms with Crippen molar-refractivity contribution < 1.29 is 105 Å². The van der Waals surface area contributed by atoms with Crippen LogP contribution >= 0.6 is 0 Å². The summed E-state index contributed by atoms with van der Waals surface area (Å²) in [6.45, 7) is 0.262. The Hall–Kier alpha value is -1.45. The molecule has 0 saturated heterocycles. The summed E-state index contributed by atoms with van der Waals surface area (Å²) in [6, 6.07) is 0. The van der Waals surface area contributed by atoms with Gasteiger partial charge in [-0.2, -0.15) is 74.6 Å². The number of sulfone groups is 1. The number of nitrogens with one attached hydrogen (secondary N) is 1. The van der Waals surface area contributed by atoms with E-state index in [0.29, 0.717) is 11.0 Å². The van der Waals surface area contributed by atoms with Crippen LogP contribution in [0, 0.1) is 0 Å². The second-order valence-corrected chi connectivity index (χ2v) is 12.9. The van der Waals surface area contributed by atoms with Gasteiger partial charge in [0, 0.05) is 19.5 Å². The van der Waals surface area contributed by atoms with Crippen molar-refractivity contribution in [2.24, 2.45) is 0 Å². The van der Waals surface area contributed by atoms with Gasteiger partial charge in [0.15, 0.2) is 0 Å². The Bertz CT molecular complexity index is 1180. The van der Waals surface area contributed by atoms with Crippen molar-refractivity contribution in [3.05, 3.63) is 0 Å². The zero-order chi connectivity index (χ0) is 37.2. The Kier molecular flexibility index (Phi) is 14.2. The summed E-state index contributed by atoms with van der Waals surface area (Å²) >= 11 is 0. The van der Waals surface area contributed by atoms with Gasteiger partial charge in [0.1, 0.15) is 0 Å². The van der Waals surface area contributed by atoms with Gasteiger partial charge in [0.25, 0.3) is 0 Å². The van der Waals surface area contributed by atoms with E-state index in [1.165, 1.54) is 6.92 Å². The Morgan fingerprint density at radius 1 is 0.622 bits per heavy atom. The molecule has 0 aliphatic carbocycles. The topological polar surface area (TPSA) is 113 Å². The van der Waals surface area contributed by atoms with Crippen LogP contribution in [0.25, 0.3) is 0 Å². The molecule has 0 aromatic carbocycles. The summed E-state index contributed by atoms with van der Waals surface area (Å²) in [4.78, 5) is 0. The number of hydrogen-bond acceptors (Lipinski definition) is 7. The average molecular weight is 753 g/mol. The third-order valence-electron chi connectivity index (χ3n) is 5.08. The lowest BCUT2D eigenvalue weighted by Crippen LogP contribution is -2.75. The number of alkyl halides is 17. The fourth-order valence-corrected chi connectivity index (χ4v) is 4.10. The van der Waals surface area contributed by atoms with E-state index in [4.69, 9.17) is 0 Å². The number of halogens is 17.